The maximum atomic E-state index is 11.6. The first kappa shape index (κ1) is 12.6. The molecule has 0 aromatic heterocycles. The van der Waals surface area contributed by atoms with Gasteiger partial charge in [0, 0.05) is 24.2 Å². The number of fused-ring (bicyclic) bond motifs is 1. The maximum Gasteiger partial charge on any atom is 0.223 e. The molecule has 0 saturated carbocycles. The summed E-state index contributed by atoms with van der Waals surface area (Å²) in [5.74, 6) is 0.104. The molecule has 0 aliphatic carbocycles. The van der Waals surface area contributed by atoms with Crippen LogP contribution >= 0.6 is 11.6 Å². The topological polar surface area (TPSA) is 20.3 Å². The van der Waals surface area contributed by atoms with Gasteiger partial charge in [-0.15, -0.1) is 0 Å². The highest BCUT2D eigenvalue weighted by Crippen LogP contribution is 2.31. The summed E-state index contributed by atoms with van der Waals surface area (Å²) in [6, 6.07) is 4.02. The Morgan fingerprint density at radius 2 is 2.00 bits per heavy atom. The number of benzene rings is 1. The van der Waals surface area contributed by atoms with Crippen molar-refractivity contribution in [2.24, 2.45) is 0 Å². The van der Waals surface area contributed by atoms with E-state index >= 15 is 0 Å². The van der Waals surface area contributed by atoms with Gasteiger partial charge >= 0.3 is 0 Å². The van der Waals surface area contributed by atoms with Crippen LogP contribution in [0.2, 0.25) is 24.7 Å². The highest BCUT2D eigenvalue weighted by Gasteiger charge is 2.29. The number of hydrogen-bond acceptors (Lipinski definition) is 1. The van der Waals surface area contributed by atoms with E-state index in [9.17, 15) is 4.79 Å². The Bertz CT molecular complexity index is 479. The number of carbonyl (C=O) groups excluding carboxylic acids is 1. The number of anilines is 1. The smallest absolute Gasteiger partial charge is 0.223 e. The lowest BCUT2D eigenvalue weighted by Crippen LogP contribution is -2.40. The molecular weight excluding hydrogens is 250 g/mol. The zero-order valence-electron chi connectivity index (χ0n) is 10.8. The lowest BCUT2D eigenvalue weighted by atomic mass is 10.1. The van der Waals surface area contributed by atoms with Crippen LogP contribution in [0.5, 0.6) is 0 Å². The average molecular weight is 268 g/mol. The van der Waals surface area contributed by atoms with Crippen molar-refractivity contribution in [3.63, 3.8) is 0 Å². The first-order valence-corrected chi connectivity index (χ1v) is 9.79. The van der Waals surface area contributed by atoms with Gasteiger partial charge in [0.2, 0.25) is 5.91 Å². The molecule has 17 heavy (non-hydrogen) atoms. The second-order valence-electron chi connectivity index (χ2n) is 5.62. The molecule has 1 amide bonds. The highest BCUT2D eigenvalue weighted by atomic mass is 35.5. The van der Waals surface area contributed by atoms with E-state index in [1.54, 1.807) is 6.92 Å². The number of hydrogen-bond donors (Lipinski definition) is 0. The van der Waals surface area contributed by atoms with Gasteiger partial charge in [0.1, 0.15) is 0 Å². The molecule has 1 heterocycles. The molecule has 0 atom stereocenters. The second-order valence-corrected chi connectivity index (χ2v) is 11.1. The number of nitrogens with zero attached hydrogens (tertiary/aromatic N) is 1. The molecule has 92 valence electrons. The Morgan fingerprint density at radius 1 is 1.35 bits per heavy atom. The van der Waals surface area contributed by atoms with Crippen LogP contribution in [0.15, 0.2) is 12.1 Å². The average Bonchev–Trinajstić information content (AvgIpc) is 2.57. The van der Waals surface area contributed by atoms with Gasteiger partial charge in [-0.3, -0.25) is 4.79 Å². The fourth-order valence-corrected chi connectivity index (χ4v) is 4.52. The molecule has 0 spiro atoms. The van der Waals surface area contributed by atoms with Crippen molar-refractivity contribution >= 4 is 36.5 Å². The molecule has 0 radical (unpaired) electrons. The summed E-state index contributed by atoms with van der Waals surface area (Å²) in [5.41, 5.74) is 2.37. The molecule has 0 bridgehead atoms. The van der Waals surface area contributed by atoms with Gasteiger partial charge in [0.15, 0.2) is 0 Å². The Balaban J connectivity index is 2.60. The Kier molecular flexibility index (Phi) is 3.08. The van der Waals surface area contributed by atoms with Gasteiger partial charge in [-0.05, 0) is 24.1 Å². The van der Waals surface area contributed by atoms with Crippen LogP contribution in [-0.4, -0.2) is 20.5 Å². The van der Waals surface area contributed by atoms with Crippen LogP contribution in [0, 0.1) is 0 Å². The lowest BCUT2D eigenvalue weighted by Gasteiger charge is -2.22. The van der Waals surface area contributed by atoms with Crippen molar-refractivity contribution < 1.29 is 4.79 Å². The fraction of sp³-hybridized carbons (Fsp3) is 0.462. The second kappa shape index (κ2) is 4.14. The zero-order chi connectivity index (χ0) is 12.8. The first-order valence-electron chi connectivity index (χ1n) is 5.91. The Morgan fingerprint density at radius 3 is 2.53 bits per heavy atom. The molecule has 2 nitrogen and oxygen atoms in total. The normalized spacial score (nSPS) is 15.0. The van der Waals surface area contributed by atoms with Crippen molar-refractivity contribution in [3.8, 4) is 0 Å². The predicted molar refractivity (Wildman–Crippen MR) is 76.2 cm³/mol. The fourth-order valence-electron chi connectivity index (χ4n) is 2.47. The third-order valence-electron chi connectivity index (χ3n) is 3.26. The first-order chi connectivity index (χ1) is 7.80. The summed E-state index contributed by atoms with van der Waals surface area (Å²) in [7, 11) is -1.41. The summed E-state index contributed by atoms with van der Waals surface area (Å²) in [4.78, 5) is 13.4. The third kappa shape index (κ3) is 2.26. The van der Waals surface area contributed by atoms with Crippen molar-refractivity contribution in [2.45, 2.75) is 33.0 Å². The Hall–Kier alpha value is -0.803. The number of amides is 1. The predicted octanol–water partition coefficient (Wildman–Crippen LogP) is 2.79. The zero-order valence-corrected chi connectivity index (χ0v) is 12.6. The molecule has 0 saturated heterocycles. The molecule has 0 unspecified atom stereocenters. The van der Waals surface area contributed by atoms with E-state index in [1.807, 2.05) is 11.0 Å². The molecule has 2 rings (SSSR count). The standard InChI is InChI=1S/C13H18ClNOSi/c1-9(16)15-6-5-11-12(15)7-10(14)8-13(11)17(2,3)4/h7-8H,5-6H2,1-4H3. The van der Waals surface area contributed by atoms with Crippen LogP contribution in [0.3, 0.4) is 0 Å². The third-order valence-corrected chi connectivity index (χ3v) is 5.54. The van der Waals surface area contributed by atoms with Gasteiger partial charge in [-0.25, -0.2) is 0 Å². The van der Waals surface area contributed by atoms with E-state index in [1.165, 1.54) is 10.8 Å². The quantitative estimate of drug-likeness (QED) is 0.717. The maximum absolute atomic E-state index is 11.6. The van der Waals surface area contributed by atoms with E-state index in [4.69, 9.17) is 11.6 Å². The van der Waals surface area contributed by atoms with Crippen molar-refractivity contribution in [2.75, 3.05) is 11.4 Å². The largest absolute Gasteiger partial charge is 0.312 e. The SMILES string of the molecule is CC(=O)N1CCc2c1cc(Cl)cc2[Si](C)(C)C. The number of rotatable bonds is 1. The van der Waals surface area contributed by atoms with E-state index < -0.39 is 8.07 Å². The number of carbonyl (C=O) groups is 1. The lowest BCUT2D eigenvalue weighted by molar-refractivity contribution is -0.116. The Labute approximate surface area is 109 Å². The van der Waals surface area contributed by atoms with Crippen LogP contribution in [0.1, 0.15) is 12.5 Å². The molecule has 1 aromatic rings. The van der Waals surface area contributed by atoms with E-state index in [0.29, 0.717) is 0 Å². The van der Waals surface area contributed by atoms with E-state index in [0.717, 1.165) is 23.7 Å². The summed E-state index contributed by atoms with van der Waals surface area (Å²) < 4.78 is 0. The molecule has 4 heteroatoms. The number of halogens is 1. The van der Waals surface area contributed by atoms with Crippen molar-refractivity contribution in [1.29, 1.82) is 0 Å². The minimum atomic E-state index is -1.41. The molecule has 1 aliphatic rings. The summed E-state index contributed by atoms with van der Waals surface area (Å²) in [6.07, 6.45) is 0.964. The highest BCUT2D eigenvalue weighted by molar-refractivity contribution is 6.89. The van der Waals surface area contributed by atoms with E-state index in [2.05, 4.69) is 25.7 Å². The summed E-state index contributed by atoms with van der Waals surface area (Å²) >= 11 is 6.19. The van der Waals surface area contributed by atoms with Gasteiger partial charge in [-0.2, -0.15) is 0 Å². The van der Waals surface area contributed by atoms with Gasteiger partial charge < -0.3 is 4.90 Å². The van der Waals surface area contributed by atoms with Crippen molar-refractivity contribution in [1.82, 2.24) is 0 Å². The minimum Gasteiger partial charge on any atom is -0.312 e. The van der Waals surface area contributed by atoms with Gasteiger partial charge in [0.05, 0.1) is 8.07 Å². The molecule has 1 aliphatic heterocycles. The molecule has 0 N–H and O–H groups in total. The van der Waals surface area contributed by atoms with Gasteiger partial charge in [0.25, 0.3) is 0 Å². The van der Waals surface area contributed by atoms with Crippen LogP contribution in [0.4, 0.5) is 5.69 Å². The van der Waals surface area contributed by atoms with Crippen molar-refractivity contribution in [3.05, 3.63) is 22.7 Å². The molecular formula is C13H18ClNOSi. The summed E-state index contributed by atoms with van der Waals surface area (Å²) in [5, 5.41) is 2.14. The van der Waals surface area contributed by atoms with Crippen LogP contribution < -0.4 is 10.1 Å². The van der Waals surface area contributed by atoms with Gasteiger partial charge in [-0.1, -0.05) is 36.4 Å². The minimum absolute atomic E-state index is 0.104. The van der Waals surface area contributed by atoms with E-state index in [-0.39, 0.29) is 5.91 Å². The van der Waals surface area contributed by atoms with Crippen LogP contribution in [-0.2, 0) is 11.2 Å². The summed E-state index contributed by atoms with van der Waals surface area (Å²) in [6.45, 7) is 9.35. The molecule has 0 fully saturated rings. The monoisotopic (exact) mass is 267 g/mol. The molecule has 1 aromatic carbocycles. The van der Waals surface area contributed by atoms with Crippen LogP contribution in [0.25, 0.3) is 0 Å².